The fourth-order valence-electron chi connectivity index (χ4n) is 0.952. The van der Waals surface area contributed by atoms with Gasteiger partial charge in [-0.25, -0.2) is 9.98 Å². The number of carbonyl (C=O) groups is 2. The molecule has 0 aliphatic carbocycles. The Labute approximate surface area is 120 Å². The van der Waals surface area contributed by atoms with E-state index in [2.05, 4.69) is 15.0 Å². The van der Waals surface area contributed by atoms with Crippen LogP contribution in [0.15, 0.2) is 26.8 Å². The third kappa shape index (κ3) is 9.24. The van der Waals surface area contributed by atoms with Crippen molar-refractivity contribution in [2.45, 2.75) is 20.3 Å². The molecule has 0 unspecified atom stereocenters. The van der Waals surface area contributed by atoms with Gasteiger partial charge in [-0.15, -0.1) is 0 Å². The van der Waals surface area contributed by atoms with E-state index >= 15 is 0 Å². The van der Waals surface area contributed by atoms with E-state index < -0.39 is 0 Å². The van der Waals surface area contributed by atoms with Crippen molar-refractivity contribution < 1.29 is 22.7 Å². The molecule has 0 aromatic carbocycles. The number of allylic oxidation sites excluding steroid dienone is 2. The van der Waals surface area contributed by atoms with Crippen LogP contribution in [0.25, 0.3) is 0 Å². The summed E-state index contributed by atoms with van der Waals surface area (Å²) in [7, 11) is 9.53. The van der Waals surface area contributed by atoms with Crippen molar-refractivity contribution in [2.24, 2.45) is 15.0 Å². The third-order valence-corrected chi connectivity index (χ3v) is 1.57. The predicted octanol–water partition coefficient (Wildman–Crippen LogP) is 2.33. The summed E-state index contributed by atoms with van der Waals surface area (Å²) in [5.41, 5.74) is 1.31. The Morgan fingerprint density at radius 3 is 2.28 bits per heavy atom. The van der Waals surface area contributed by atoms with Gasteiger partial charge in [-0.2, -0.15) is 0 Å². The van der Waals surface area contributed by atoms with Crippen molar-refractivity contribution in [3.05, 3.63) is 11.8 Å². The van der Waals surface area contributed by atoms with E-state index in [4.69, 9.17) is 20.2 Å². The summed E-state index contributed by atoms with van der Waals surface area (Å²) in [4.78, 5) is 32.4. The van der Waals surface area contributed by atoms with Crippen LogP contribution in [0.2, 0.25) is 0 Å². The molecule has 1 rings (SSSR count). The van der Waals surface area contributed by atoms with Gasteiger partial charge in [0.15, 0.2) is 0 Å². The first kappa shape index (κ1) is 17.2. The van der Waals surface area contributed by atoms with Crippen LogP contribution in [0.5, 0.6) is 0 Å². The molecule has 0 aromatic rings. The Morgan fingerprint density at radius 1 is 1.28 bits per heavy atom. The summed E-state index contributed by atoms with van der Waals surface area (Å²) in [6.07, 6.45) is 5.24. The summed E-state index contributed by atoms with van der Waals surface area (Å²) in [6.45, 7) is 2.74. The number of carbonyl (C=O) groups excluding carboxylic acids is 2. The van der Waals surface area contributed by atoms with Crippen molar-refractivity contribution in [3.8, 4) is 0 Å². The summed E-state index contributed by atoms with van der Waals surface area (Å²) >= 11 is 0.194. The van der Waals surface area contributed by atoms with Gasteiger partial charge in [0.1, 0.15) is 0 Å². The Balaban J connectivity index is 0.000000873. The Morgan fingerprint density at radius 2 is 1.78 bits per heavy atom. The van der Waals surface area contributed by atoms with E-state index in [1.807, 2.05) is 6.08 Å². The van der Waals surface area contributed by atoms with Gasteiger partial charge in [0.05, 0.1) is 23.8 Å². The molecule has 1 heterocycles. The Hall–Kier alpha value is -0.811. The molecule has 0 saturated heterocycles. The molecule has 0 aromatic heterocycles. The SMILES string of the molecule is CC(=O)N=CC1=CCC(C=NC(C)=O)=N1.[Cl][Fe][Cl]. The standard InChI is InChI=1S/C10H11N3O2.2ClH.Fe/c1-7(14)11-5-9-3-4-10(13-9)6-12-8(2)15;;;/h3,5-6H,4H2,1-2H3;2*1H;/q;;;+2/p-2. The normalized spacial score (nSPS) is 14.4. The molecular formula is C10H11Cl2FeN3O2. The molecule has 5 nitrogen and oxygen atoms in total. The number of rotatable bonds is 2. The molecule has 18 heavy (non-hydrogen) atoms. The maximum absolute atomic E-state index is 10.6. The maximum atomic E-state index is 10.6. The molecule has 8 heteroatoms. The third-order valence-electron chi connectivity index (χ3n) is 1.57. The van der Waals surface area contributed by atoms with E-state index in [-0.39, 0.29) is 24.9 Å². The minimum absolute atomic E-state index is 0.194. The minimum atomic E-state index is -0.267. The van der Waals surface area contributed by atoms with Gasteiger partial charge < -0.3 is 0 Å². The fraction of sp³-hybridized carbons (Fsp3) is 0.300. The van der Waals surface area contributed by atoms with E-state index in [9.17, 15) is 9.59 Å². The quantitative estimate of drug-likeness (QED) is 0.575. The number of aliphatic imine (C=N–C) groups is 3. The number of hydrogen-bond acceptors (Lipinski definition) is 3. The molecule has 100 valence electrons. The molecule has 0 radical (unpaired) electrons. The fourth-order valence-corrected chi connectivity index (χ4v) is 0.952. The molecule has 0 spiro atoms. The molecule has 0 N–H and O–H groups in total. The molecule has 0 bridgehead atoms. The number of halogens is 2. The zero-order valence-electron chi connectivity index (χ0n) is 9.71. The zero-order valence-corrected chi connectivity index (χ0v) is 12.3. The molecule has 1 aliphatic heterocycles. The average Bonchev–Trinajstić information content (AvgIpc) is 2.72. The van der Waals surface area contributed by atoms with Crippen LogP contribution in [0.1, 0.15) is 20.3 Å². The predicted molar refractivity (Wildman–Crippen MR) is 70.2 cm³/mol. The van der Waals surface area contributed by atoms with Gasteiger partial charge in [0.2, 0.25) is 11.8 Å². The Bertz CT molecular complexity index is 431. The number of amides is 2. The molecule has 2 amide bonds. The summed E-state index contributed by atoms with van der Waals surface area (Å²) in [5, 5.41) is 0. The van der Waals surface area contributed by atoms with Crippen LogP contribution >= 0.6 is 20.2 Å². The van der Waals surface area contributed by atoms with Gasteiger partial charge in [-0.05, 0) is 0 Å². The second-order valence-electron chi connectivity index (χ2n) is 3.04. The monoisotopic (exact) mass is 331 g/mol. The van der Waals surface area contributed by atoms with Gasteiger partial charge >= 0.3 is 33.3 Å². The first-order chi connectivity index (χ1) is 8.49. The topological polar surface area (TPSA) is 71.2 Å². The van der Waals surface area contributed by atoms with Crippen LogP contribution in [-0.4, -0.2) is 30.0 Å². The van der Waals surface area contributed by atoms with Crippen molar-refractivity contribution in [3.63, 3.8) is 0 Å². The molecule has 0 saturated carbocycles. The van der Waals surface area contributed by atoms with Crippen LogP contribution in [0, 0.1) is 0 Å². The number of nitrogens with zero attached hydrogens (tertiary/aromatic N) is 3. The zero-order chi connectivity index (χ0) is 14.0. The van der Waals surface area contributed by atoms with E-state index in [1.54, 1.807) is 0 Å². The number of hydrogen-bond donors (Lipinski definition) is 0. The van der Waals surface area contributed by atoms with Gasteiger partial charge in [0.25, 0.3) is 0 Å². The van der Waals surface area contributed by atoms with Crippen molar-refractivity contribution in [1.29, 1.82) is 0 Å². The van der Waals surface area contributed by atoms with Gasteiger partial charge in [-0.3, -0.25) is 14.6 Å². The van der Waals surface area contributed by atoms with Crippen LogP contribution in [-0.2, 0) is 22.7 Å². The summed E-state index contributed by atoms with van der Waals surface area (Å²) in [6, 6.07) is 0. The van der Waals surface area contributed by atoms with E-state index in [1.165, 1.54) is 26.3 Å². The van der Waals surface area contributed by atoms with Gasteiger partial charge in [-0.1, -0.05) is 6.08 Å². The first-order valence-corrected chi connectivity index (χ1v) is 7.75. The Kier molecular flexibility index (Phi) is 9.69. The van der Waals surface area contributed by atoms with Crippen LogP contribution in [0.4, 0.5) is 0 Å². The summed E-state index contributed by atoms with van der Waals surface area (Å²) in [5.74, 6) is -0.527. The molecule has 0 fully saturated rings. The molecule has 1 aliphatic rings. The first-order valence-electron chi connectivity index (χ1n) is 4.71. The second-order valence-corrected chi connectivity index (χ2v) is 4.86. The van der Waals surface area contributed by atoms with Crippen molar-refractivity contribution in [1.82, 2.24) is 0 Å². The van der Waals surface area contributed by atoms with Crippen LogP contribution < -0.4 is 0 Å². The van der Waals surface area contributed by atoms with Crippen molar-refractivity contribution >= 4 is 50.2 Å². The second kappa shape index (κ2) is 10.1. The van der Waals surface area contributed by atoms with E-state index in [0.29, 0.717) is 17.8 Å². The van der Waals surface area contributed by atoms with E-state index in [0.717, 1.165) is 0 Å². The summed E-state index contributed by atoms with van der Waals surface area (Å²) < 4.78 is 0. The average molecular weight is 332 g/mol. The van der Waals surface area contributed by atoms with Gasteiger partial charge in [0, 0.05) is 20.3 Å². The molecule has 0 atom stereocenters. The van der Waals surface area contributed by atoms with Crippen LogP contribution in [0.3, 0.4) is 0 Å². The molecular weight excluding hydrogens is 321 g/mol. The van der Waals surface area contributed by atoms with Crippen molar-refractivity contribution in [2.75, 3.05) is 0 Å².